The number of halogens is 1. The molecule has 0 fully saturated rings. The topological polar surface area (TPSA) is 42.0 Å². The molecule has 0 saturated carbocycles. The van der Waals surface area contributed by atoms with Gasteiger partial charge in [-0.3, -0.25) is 4.79 Å². The number of hydrogen-bond acceptors (Lipinski definition) is 4. The number of carbonyl (C=O) groups excluding carboxylic acids is 1. The van der Waals surface area contributed by atoms with Crippen LogP contribution in [0.5, 0.6) is 0 Å². The molecule has 0 spiro atoms. The molecule has 0 bridgehead atoms. The van der Waals surface area contributed by atoms with E-state index >= 15 is 0 Å². The summed E-state index contributed by atoms with van der Waals surface area (Å²) >= 11 is 5.35. The average molecular weight is 462 g/mol. The number of para-hydroxylation sites is 1. The van der Waals surface area contributed by atoms with Crippen molar-refractivity contribution in [2.45, 2.75) is 0 Å². The van der Waals surface area contributed by atoms with E-state index in [1.807, 2.05) is 54.6 Å². The predicted octanol–water partition coefficient (Wildman–Crippen LogP) is 5.88. The zero-order valence-electron chi connectivity index (χ0n) is 12.3. The summed E-state index contributed by atoms with van der Waals surface area (Å²) in [5.41, 5.74) is 1.80. The summed E-state index contributed by atoms with van der Waals surface area (Å²) < 4.78 is 2.30. The normalized spacial score (nSPS) is 10.9. The second kappa shape index (κ2) is 6.62. The van der Waals surface area contributed by atoms with Crippen molar-refractivity contribution < 1.29 is 4.79 Å². The van der Waals surface area contributed by atoms with Gasteiger partial charge in [0.25, 0.3) is 5.91 Å². The van der Waals surface area contributed by atoms with Crippen molar-refractivity contribution in [3.63, 3.8) is 0 Å². The number of benzene rings is 2. The molecule has 2 aromatic carbocycles. The molecular weight excluding hydrogens is 451 g/mol. The van der Waals surface area contributed by atoms with E-state index in [1.165, 1.54) is 11.3 Å². The molecule has 0 radical (unpaired) electrons. The lowest BCUT2D eigenvalue weighted by Crippen LogP contribution is -2.09. The van der Waals surface area contributed by atoms with Crippen LogP contribution >= 0.6 is 45.3 Å². The fourth-order valence-corrected chi connectivity index (χ4v) is 4.56. The third kappa shape index (κ3) is 3.22. The lowest BCUT2D eigenvalue weighted by Gasteiger charge is -2.03. The van der Waals surface area contributed by atoms with Gasteiger partial charge in [0.15, 0.2) is 0 Å². The monoisotopic (exact) mass is 462 g/mol. The molecule has 2 heterocycles. The average Bonchev–Trinajstić information content (AvgIpc) is 3.23. The van der Waals surface area contributed by atoms with E-state index in [0.29, 0.717) is 4.88 Å². The first-order valence-electron chi connectivity index (χ1n) is 7.22. The van der Waals surface area contributed by atoms with E-state index in [4.69, 9.17) is 0 Å². The summed E-state index contributed by atoms with van der Waals surface area (Å²) in [4.78, 5) is 18.7. The van der Waals surface area contributed by atoms with Gasteiger partial charge in [-0.15, -0.1) is 22.7 Å². The highest BCUT2D eigenvalue weighted by Crippen LogP contribution is 2.34. The molecule has 1 N–H and O–H groups in total. The first-order valence-corrected chi connectivity index (χ1v) is 9.93. The molecule has 118 valence electrons. The van der Waals surface area contributed by atoms with Gasteiger partial charge in [-0.25, -0.2) is 4.98 Å². The van der Waals surface area contributed by atoms with Crippen LogP contribution in [0, 0.1) is 3.57 Å². The maximum absolute atomic E-state index is 12.4. The van der Waals surface area contributed by atoms with Crippen LogP contribution in [-0.2, 0) is 0 Å². The van der Waals surface area contributed by atoms with Crippen molar-refractivity contribution in [3.05, 3.63) is 69.1 Å². The molecule has 2 aromatic heterocycles. The Morgan fingerprint density at radius 1 is 0.958 bits per heavy atom. The van der Waals surface area contributed by atoms with Gasteiger partial charge < -0.3 is 5.32 Å². The number of amides is 1. The van der Waals surface area contributed by atoms with Gasteiger partial charge in [-0.1, -0.05) is 12.1 Å². The van der Waals surface area contributed by atoms with Crippen molar-refractivity contribution in [3.8, 4) is 9.88 Å². The summed E-state index contributed by atoms with van der Waals surface area (Å²) in [5, 5.41) is 3.88. The maximum Gasteiger partial charge on any atom is 0.265 e. The minimum Gasteiger partial charge on any atom is -0.321 e. The van der Waals surface area contributed by atoms with Crippen LogP contribution in [0.3, 0.4) is 0 Å². The van der Waals surface area contributed by atoms with Crippen molar-refractivity contribution in [1.29, 1.82) is 0 Å². The summed E-state index contributed by atoms with van der Waals surface area (Å²) in [7, 11) is 0. The standard InChI is InChI=1S/C18H11IN2OS2/c19-11-5-7-12(8-6-11)20-17(22)15-9-10-16(23-15)18-21-13-3-1-2-4-14(13)24-18/h1-10H,(H,20,22). The van der Waals surface area contributed by atoms with Crippen LogP contribution in [-0.4, -0.2) is 10.9 Å². The Hall–Kier alpha value is -1.77. The number of fused-ring (bicyclic) bond motifs is 1. The Kier molecular flexibility index (Phi) is 4.34. The Morgan fingerprint density at radius 2 is 1.75 bits per heavy atom. The third-order valence-electron chi connectivity index (χ3n) is 3.44. The van der Waals surface area contributed by atoms with Crippen LogP contribution in [0.2, 0.25) is 0 Å². The van der Waals surface area contributed by atoms with Gasteiger partial charge >= 0.3 is 0 Å². The molecule has 4 aromatic rings. The zero-order chi connectivity index (χ0) is 16.5. The molecule has 0 saturated heterocycles. The number of nitrogens with zero attached hydrogens (tertiary/aromatic N) is 1. The quantitative estimate of drug-likeness (QED) is 0.387. The second-order valence-corrected chi connectivity index (χ2v) is 8.47. The number of carbonyl (C=O) groups is 1. The predicted molar refractivity (Wildman–Crippen MR) is 110 cm³/mol. The fourth-order valence-electron chi connectivity index (χ4n) is 2.28. The third-order valence-corrected chi connectivity index (χ3v) is 6.45. The Morgan fingerprint density at radius 3 is 2.54 bits per heavy atom. The van der Waals surface area contributed by atoms with E-state index < -0.39 is 0 Å². The Labute approximate surface area is 160 Å². The molecule has 0 aliphatic heterocycles. The molecule has 0 atom stereocenters. The summed E-state index contributed by atoms with van der Waals surface area (Å²) in [5.74, 6) is -0.0893. The smallest absolute Gasteiger partial charge is 0.265 e. The summed E-state index contributed by atoms with van der Waals surface area (Å²) in [6.07, 6.45) is 0. The number of thiophene rings is 1. The van der Waals surface area contributed by atoms with Gasteiger partial charge in [0.2, 0.25) is 0 Å². The Balaban J connectivity index is 1.57. The van der Waals surface area contributed by atoms with Crippen molar-refractivity contribution in [2.75, 3.05) is 5.32 Å². The van der Waals surface area contributed by atoms with E-state index in [2.05, 4.69) is 39.0 Å². The molecule has 6 heteroatoms. The van der Waals surface area contributed by atoms with E-state index in [0.717, 1.165) is 29.4 Å². The van der Waals surface area contributed by atoms with Crippen LogP contribution < -0.4 is 5.32 Å². The van der Waals surface area contributed by atoms with Crippen LogP contribution in [0.15, 0.2) is 60.7 Å². The first-order chi connectivity index (χ1) is 11.7. The van der Waals surface area contributed by atoms with Gasteiger partial charge in [-0.05, 0) is 71.1 Å². The van der Waals surface area contributed by atoms with Crippen molar-refractivity contribution in [2.24, 2.45) is 0 Å². The maximum atomic E-state index is 12.4. The molecule has 0 unspecified atom stereocenters. The van der Waals surface area contributed by atoms with Crippen LogP contribution in [0.25, 0.3) is 20.1 Å². The summed E-state index contributed by atoms with van der Waals surface area (Å²) in [6, 6.07) is 19.6. The van der Waals surface area contributed by atoms with E-state index in [1.54, 1.807) is 11.3 Å². The molecule has 3 nitrogen and oxygen atoms in total. The first kappa shape index (κ1) is 15.7. The van der Waals surface area contributed by atoms with E-state index in [9.17, 15) is 4.79 Å². The zero-order valence-corrected chi connectivity index (χ0v) is 16.1. The van der Waals surface area contributed by atoms with Gasteiger partial charge in [0.1, 0.15) is 5.01 Å². The number of anilines is 1. The van der Waals surface area contributed by atoms with Gasteiger partial charge in [0, 0.05) is 9.26 Å². The second-order valence-electron chi connectivity index (χ2n) is 5.11. The number of rotatable bonds is 3. The largest absolute Gasteiger partial charge is 0.321 e. The van der Waals surface area contributed by atoms with Gasteiger partial charge in [0.05, 0.1) is 20.0 Å². The van der Waals surface area contributed by atoms with Crippen molar-refractivity contribution >= 4 is 67.1 Å². The minimum absolute atomic E-state index is 0.0893. The minimum atomic E-state index is -0.0893. The number of thiazole rings is 1. The lowest BCUT2D eigenvalue weighted by molar-refractivity contribution is 0.103. The molecule has 0 aliphatic rings. The Bertz CT molecular complexity index is 988. The van der Waals surface area contributed by atoms with E-state index in [-0.39, 0.29) is 5.91 Å². The van der Waals surface area contributed by atoms with Crippen LogP contribution in [0.4, 0.5) is 5.69 Å². The number of aromatic nitrogens is 1. The van der Waals surface area contributed by atoms with Crippen molar-refractivity contribution in [1.82, 2.24) is 4.98 Å². The molecule has 4 rings (SSSR count). The molecule has 24 heavy (non-hydrogen) atoms. The fraction of sp³-hybridized carbons (Fsp3) is 0. The summed E-state index contributed by atoms with van der Waals surface area (Å²) in [6.45, 7) is 0. The highest BCUT2D eigenvalue weighted by molar-refractivity contribution is 14.1. The lowest BCUT2D eigenvalue weighted by atomic mass is 10.3. The number of nitrogens with one attached hydrogen (secondary N) is 1. The molecule has 1 amide bonds. The van der Waals surface area contributed by atoms with Gasteiger partial charge in [-0.2, -0.15) is 0 Å². The highest BCUT2D eigenvalue weighted by Gasteiger charge is 2.13. The SMILES string of the molecule is O=C(Nc1ccc(I)cc1)c1ccc(-c2nc3ccccc3s2)s1. The molecule has 0 aliphatic carbocycles. The highest BCUT2D eigenvalue weighted by atomic mass is 127. The number of hydrogen-bond donors (Lipinski definition) is 1. The molecular formula is C18H11IN2OS2. The van der Waals surface area contributed by atoms with Crippen LogP contribution in [0.1, 0.15) is 9.67 Å².